The molecule has 0 saturated heterocycles. The van der Waals surface area contributed by atoms with Crippen LogP contribution < -0.4 is 0 Å². The van der Waals surface area contributed by atoms with Crippen LogP contribution in [0.4, 0.5) is 0 Å². The third-order valence-electron chi connectivity index (χ3n) is 0.963. The molecule has 0 radical (unpaired) electrons. The molecule has 0 fully saturated rings. The van der Waals surface area contributed by atoms with Crippen LogP contribution in [-0.4, -0.2) is 25.9 Å². The number of carbonyl (C=O) groups is 1. The van der Waals surface area contributed by atoms with Crippen molar-refractivity contribution in [2.75, 3.05) is 13.7 Å². The predicted molar refractivity (Wildman–Crippen MR) is 41.4 cm³/mol. The Labute approximate surface area is 66.2 Å². The number of carbonyl (C=O) groups excluding carboxylic acids is 1. The molecule has 0 saturated carbocycles. The van der Waals surface area contributed by atoms with E-state index in [1.807, 2.05) is 0 Å². The lowest BCUT2D eigenvalue weighted by atomic mass is 10.3. The zero-order valence-electron chi connectivity index (χ0n) is 6.87. The lowest BCUT2D eigenvalue weighted by Gasteiger charge is -1.97. The highest BCUT2D eigenvalue weighted by Gasteiger charge is 1.97. The minimum absolute atomic E-state index is 0.199. The highest BCUT2D eigenvalue weighted by Crippen LogP contribution is 1.89. The molecule has 0 aromatic rings. The Hall–Kier alpha value is -1.06. The molecule has 0 aliphatic carbocycles. The molecule has 0 unspecified atom stereocenters. The van der Waals surface area contributed by atoms with Gasteiger partial charge in [-0.3, -0.25) is 4.79 Å². The van der Waals surface area contributed by atoms with E-state index in [1.165, 1.54) is 13.3 Å². The molecule has 0 rings (SSSR count). The topological polar surface area (TPSA) is 47.9 Å². The van der Waals surface area contributed by atoms with Crippen LogP contribution in [0, 0.1) is 0 Å². The molecule has 0 spiro atoms. The average molecular weight is 159 g/mol. The van der Waals surface area contributed by atoms with Crippen LogP contribution in [0.1, 0.15) is 19.8 Å². The maximum absolute atomic E-state index is 10.7. The van der Waals surface area contributed by atoms with Gasteiger partial charge in [-0.2, -0.15) is 0 Å². The Morgan fingerprint density at radius 1 is 1.64 bits per heavy atom. The standard InChI is InChI=1S/C7H13NO3/c1-3-11-7(9)5-4-6-8-10-2/h6H,3-5H2,1-2H3. The van der Waals surface area contributed by atoms with Crippen molar-refractivity contribution in [1.82, 2.24) is 0 Å². The van der Waals surface area contributed by atoms with Crippen molar-refractivity contribution in [3.8, 4) is 0 Å². The highest BCUT2D eigenvalue weighted by atomic mass is 16.6. The minimum Gasteiger partial charge on any atom is -0.466 e. The average Bonchev–Trinajstić information content (AvgIpc) is 1.99. The predicted octanol–water partition coefficient (Wildman–Crippen LogP) is 0.962. The third kappa shape index (κ3) is 6.83. The molecule has 0 aliphatic rings. The molecule has 4 nitrogen and oxygen atoms in total. The van der Waals surface area contributed by atoms with Gasteiger partial charge < -0.3 is 9.57 Å². The molecule has 4 heteroatoms. The first-order chi connectivity index (χ1) is 5.31. The fourth-order valence-corrected chi connectivity index (χ4v) is 0.543. The van der Waals surface area contributed by atoms with Gasteiger partial charge in [0.2, 0.25) is 0 Å². The minimum atomic E-state index is -0.199. The molecule has 0 aromatic heterocycles. The van der Waals surface area contributed by atoms with Crippen molar-refractivity contribution >= 4 is 12.2 Å². The Morgan fingerprint density at radius 2 is 2.36 bits per heavy atom. The van der Waals surface area contributed by atoms with E-state index in [9.17, 15) is 4.79 Å². The Bertz CT molecular complexity index is 134. The van der Waals surface area contributed by atoms with Gasteiger partial charge in [-0.05, 0) is 13.3 Å². The lowest BCUT2D eigenvalue weighted by molar-refractivity contribution is -0.142. The van der Waals surface area contributed by atoms with Crippen molar-refractivity contribution in [3.05, 3.63) is 0 Å². The van der Waals surface area contributed by atoms with E-state index in [-0.39, 0.29) is 5.97 Å². The molecule has 0 bridgehead atoms. The Morgan fingerprint density at radius 3 is 2.91 bits per heavy atom. The molecular weight excluding hydrogens is 146 g/mol. The number of hydrogen-bond acceptors (Lipinski definition) is 4. The number of rotatable bonds is 5. The highest BCUT2D eigenvalue weighted by molar-refractivity contribution is 5.73. The van der Waals surface area contributed by atoms with Crippen molar-refractivity contribution < 1.29 is 14.4 Å². The van der Waals surface area contributed by atoms with Gasteiger partial charge in [0, 0.05) is 6.21 Å². The van der Waals surface area contributed by atoms with Gasteiger partial charge in [0.1, 0.15) is 7.11 Å². The van der Waals surface area contributed by atoms with Gasteiger partial charge in [0.15, 0.2) is 0 Å². The molecule has 0 aliphatic heterocycles. The first-order valence-corrected chi connectivity index (χ1v) is 3.51. The number of esters is 1. The summed E-state index contributed by atoms with van der Waals surface area (Å²) in [5.74, 6) is -0.199. The molecular formula is C7H13NO3. The summed E-state index contributed by atoms with van der Waals surface area (Å²) in [4.78, 5) is 15.1. The van der Waals surface area contributed by atoms with Crippen LogP contribution in [0.15, 0.2) is 5.16 Å². The van der Waals surface area contributed by atoms with Crippen LogP contribution in [0.25, 0.3) is 0 Å². The number of hydrogen-bond donors (Lipinski definition) is 0. The van der Waals surface area contributed by atoms with Crippen LogP contribution >= 0.6 is 0 Å². The van der Waals surface area contributed by atoms with E-state index in [2.05, 4.69) is 14.7 Å². The van der Waals surface area contributed by atoms with E-state index < -0.39 is 0 Å². The second-order valence-corrected chi connectivity index (χ2v) is 1.81. The van der Waals surface area contributed by atoms with Crippen LogP contribution in [0.3, 0.4) is 0 Å². The number of nitrogens with zero attached hydrogens (tertiary/aromatic N) is 1. The van der Waals surface area contributed by atoms with Crippen molar-refractivity contribution in [3.63, 3.8) is 0 Å². The Kier molecular flexibility index (Phi) is 6.37. The third-order valence-corrected chi connectivity index (χ3v) is 0.963. The van der Waals surface area contributed by atoms with Gasteiger partial charge in [-0.1, -0.05) is 5.16 Å². The smallest absolute Gasteiger partial charge is 0.306 e. The fourth-order valence-electron chi connectivity index (χ4n) is 0.543. The van der Waals surface area contributed by atoms with Crippen molar-refractivity contribution in [2.24, 2.45) is 5.16 Å². The quantitative estimate of drug-likeness (QED) is 0.341. The summed E-state index contributed by atoms with van der Waals surface area (Å²) in [7, 11) is 1.46. The van der Waals surface area contributed by atoms with Gasteiger partial charge in [-0.25, -0.2) is 0 Å². The Balaban J connectivity index is 3.24. The van der Waals surface area contributed by atoms with Crippen molar-refractivity contribution in [2.45, 2.75) is 19.8 Å². The van der Waals surface area contributed by atoms with E-state index in [0.29, 0.717) is 19.4 Å². The van der Waals surface area contributed by atoms with Gasteiger partial charge in [-0.15, -0.1) is 0 Å². The SMILES string of the molecule is CCOC(=O)CCC=NOC. The van der Waals surface area contributed by atoms with Crippen LogP contribution in [0.5, 0.6) is 0 Å². The molecule has 0 amide bonds. The van der Waals surface area contributed by atoms with Crippen LogP contribution in [0.2, 0.25) is 0 Å². The van der Waals surface area contributed by atoms with E-state index in [1.54, 1.807) is 6.92 Å². The second kappa shape index (κ2) is 7.05. The molecule has 0 aromatic carbocycles. The number of oxime groups is 1. The summed E-state index contributed by atoms with van der Waals surface area (Å²) >= 11 is 0. The molecule has 0 heterocycles. The van der Waals surface area contributed by atoms with E-state index in [4.69, 9.17) is 0 Å². The largest absolute Gasteiger partial charge is 0.466 e. The maximum Gasteiger partial charge on any atom is 0.306 e. The van der Waals surface area contributed by atoms with Crippen LogP contribution in [-0.2, 0) is 14.4 Å². The summed E-state index contributed by atoms with van der Waals surface area (Å²) in [5.41, 5.74) is 0. The summed E-state index contributed by atoms with van der Waals surface area (Å²) in [6, 6.07) is 0. The molecule has 11 heavy (non-hydrogen) atoms. The molecule has 0 atom stereocenters. The van der Waals surface area contributed by atoms with Gasteiger partial charge in [0.05, 0.1) is 13.0 Å². The zero-order valence-corrected chi connectivity index (χ0v) is 6.87. The monoisotopic (exact) mass is 159 g/mol. The summed E-state index contributed by atoms with van der Waals surface area (Å²) in [6.45, 7) is 2.21. The normalized spacial score (nSPS) is 10.0. The number of ether oxygens (including phenoxy) is 1. The molecule has 64 valence electrons. The summed E-state index contributed by atoms with van der Waals surface area (Å²) in [6.07, 6.45) is 2.46. The molecule has 0 N–H and O–H groups in total. The lowest BCUT2D eigenvalue weighted by Crippen LogP contribution is -2.03. The first-order valence-electron chi connectivity index (χ1n) is 3.51. The summed E-state index contributed by atoms with van der Waals surface area (Å²) in [5, 5.41) is 3.47. The van der Waals surface area contributed by atoms with Crippen molar-refractivity contribution in [1.29, 1.82) is 0 Å². The summed E-state index contributed by atoms with van der Waals surface area (Å²) < 4.78 is 4.68. The first kappa shape index (κ1) is 9.94. The van der Waals surface area contributed by atoms with Gasteiger partial charge in [0.25, 0.3) is 0 Å². The van der Waals surface area contributed by atoms with E-state index in [0.717, 1.165) is 0 Å². The second-order valence-electron chi connectivity index (χ2n) is 1.81. The maximum atomic E-state index is 10.7. The van der Waals surface area contributed by atoms with E-state index >= 15 is 0 Å². The zero-order chi connectivity index (χ0) is 8.53. The van der Waals surface area contributed by atoms with Gasteiger partial charge >= 0.3 is 5.97 Å². The fraction of sp³-hybridized carbons (Fsp3) is 0.714.